The predicted molar refractivity (Wildman–Crippen MR) is 71.1 cm³/mol. The fourth-order valence-corrected chi connectivity index (χ4v) is 2.18. The van der Waals surface area contributed by atoms with Crippen molar-refractivity contribution in [1.29, 1.82) is 0 Å². The molecule has 0 atom stereocenters. The molecule has 4 heteroatoms. The molecule has 0 spiro atoms. The van der Waals surface area contributed by atoms with Gasteiger partial charge in [0.2, 0.25) is 0 Å². The number of carbonyl (C=O) groups is 1. The molecule has 0 aliphatic rings. The van der Waals surface area contributed by atoms with Crippen LogP contribution in [-0.4, -0.2) is 12.6 Å². The first kappa shape index (κ1) is 14.3. The first-order valence-corrected chi connectivity index (χ1v) is 6.19. The van der Waals surface area contributed by atoms with Gasteiger partial charge in [-0.05, 0) is 30.0 Å². The number of hydrogen-bond acceptors (Lipinski definition) is 2. The minimum absolute atomic E-state index is 0.177. The Morgan fingerprint density at radius 2 is 1.88 bits per heavy atom. The molecule has 17 heavy (non-hydrogen) atoms. The van der Waals surface area contributed by atoms with Crippen molar-refractivity contribution in [3.63, 3.8) is 0 Å². The molecule has 0 aliphatic heterocycles. The molecular weight excluding hydrogens is 259 g/mol. The number of hydrogen-bond donors (Lipinski definition) is 0. The van der Waals surface area contributed by atoms with E-state index in [1.54, 1.807) is 13.0 Å². The average molecular weight is 275 g/mol. The highest BCUT2D eigenvalue weighted by molar-refractivity contribution is 6.36. The van der Waals surface area contributed by atoms with E-state index < -0.39 is 5.97 Å². The van der Waals surface area contributed by atoms with Crippen LogP contribution >= 0.6 is 23.2 Å². The van der Waals surface area contributed by atoms with Crippen molar-refractivity contribution in [1.82, 2.24) is 0 Å². The summed E-state index contributed by atoms with van der Waals surface area (Å²) in [4.78, 5) is 11.7. The largest absolute Gasteiger partial charge is 0.462 e. The summed E-state index contributed by atoms with van der Waals surface area (Å²) in [6, 6.07) is 3.32. The maximum atomic E-state index is 11.7. The highest BCUT2D eigenvalue weighted by Crippen LogP contribution is 2.34. The van der Waals surface area contributed by atoms with E-state index in [2.05, 4.69) is 0 Å². The second-order valence-electron chi connectivity index (χ2n) is 4.79. The maximum Gasteiger partial charge on any atom is 0.339 e. The van der Waals surface area contributed by atoms with E-state index in [0.717, 1.165) is 5.56 Å². The molecular formula is C13H16Cl2O2. The maximum absolute atomic E-state index is 11.7. The lowest BCUT2D eigenvalue weighted by Gasteiger charge is -2.22. The molecule has 1 rings (SSSR count). The van der Waals surface area contributed by atoms with Gasteiger partial charge in [0.15, 0.2) is 0 Å². The molecule has 0 saturated heterocycles. The zero-order valence-corrected chi connectivity index (χ0v) is 11.9. The van der Waals surface area contributed by atoms with Crippen LogP contribution in [0.5, 0.6) is 0 Å². The summed E-state index contributed by atoms with van der Waals surface area (Å²) in [5, 5.41) is 0.905. The first-order chi connectivity index (χ1) is 7.77. The molecule has 0 amide bonds. The monoisotopic (exact) mass is 274 g/mol. The Bertz CT molecular complexity index is 434. The summed E-state index contributed by atoms with van der Waals surface area (Å²) < 4.78 is 4.95. The minimum Gasteiger partial charge on any atom is -0.462 e. The fraction of sp³-hybridized carbons (Fsp3) is 0.462. The normalized spacial score (nSPS) is 11.4. The summed E-state index contributed by atoms with van der Waals surface area (Å²) in [5.74, 6) is -0.439. The second kappa shape index (κ2) is 5.28. The molecule has 0 N–H and O–H groups in total. The molecule has 0 bridgehead atoms. The van der Waals surface area contributed by atoms with Crippen LogP contribution in [0.1, 0.15) is 43.6 Å². The van der Waals surface area contributed by atoms with Crippen molar-refractivity contribution in [3.05, 3.63) is 33.3 Å². The van der Waals surface area contributed by atoms with Gasteiger partial charge in [-0.3, -0.25) is 0 Å². The van der Waals surface area contributed by atoms with Crippen molar-refractivity contribution in [2.45, 2.75) is 33.1 Å². The first-order valence-electron chi connectivity index (χ1n) is 5.44. The predicted octanol–water partition coefficient (Wildman–Crippen LogP) is 4.47. The van der Waals surface area contributed by atoms with Gasteiger partial charge in [-0.25, -0.2) is 4.79 Å². The molecule has 0 heterocycles. The van der Waals surface area contributed by atoms with E-state index in [9.17, 15) is 4.79 Å². The van der Waals surface area contributed by atoms with E-state index in [-0.39, 0.29) is 5.41 Å². The molecule has 0 aromatic heterocycles. The topological polar surface area (TPSA) is 26.3 Å². The van der Waals surface area contributed by atoms with Crippen LogP contribution in [0.3, 0.4) is 0 Å². The van der Waals surface area contributed by atoms with Crippen LogP contribution in [0.25, 0.3) is 0 Å². The molecule has 94 valence electrons. The summed E-state index contributed by atoms with van der Waals surface area (Å²) >= 11 is 12.2. The third-order valence-corrected chi connectivity index (χ3v) is 2.97. The lowest BCUT2D eigenvalue weighted by Crippen LogP contribution is -2.15. The number of halogens is 2. The Morgan fingerprint density at radius 3 is 2.35 bits per heavy atom. The van der Waals surface area contributed by atoms with Crippen LogP contribution in [0, 0.1) is 0 Å². The second-order valence-corrected chi connectivity index (χ2v) is 5.60. The van der Waals surface area contributed by atoms with Crippen molar-refractivity contribution in [3.8, 4) is 0 Å². The quantitative estimate of drug-likeness (QED) is 0.744. The number of carbonyl (C=O) groups excluding carboxylic acids is 1. The van der Waals surface area contributed by atoms with Gasteiger partial charge in [-0.15, -0.1) is 0 Å². The van der Waals surface area contributed by atoms with Crippen molar-refractivity contribution < 1.29 is 9.53 Å². The van der Waals surface area contributed by atoms with Crippen LogP contribution in [-0.2, 0) is 10.2 Å². The number of esters is 1. The van der Waals surface area contributed by atoms with Crippen molar-refractivity contribution in [2.24, 2.45) is 0 Å². The molecule has 1 aromatic rings. The van der Waals surface area contributed by atoms with Gasteiger partial charge in [0.1, 0.15) is 0 Å². The van der Waals surface area contributed by atoms with E-state index >= 15 is 0 Å². The minimum atomic E-state index is -0.439. The summed E-state index contributed by atoms with van der Waals surface area (Å²) in [5.41, 5.74) is 0.990. The number of ether oxygens (including phenoxy) is 1. The third kappa shape index (κ3) is 3.36. The van der Waals surface area contributed by atoms with Gasteiger partial charge in [0.25, 0.3) is 0 Å². The van der Waals surface area contributed by atoms with Crippen molar-refractivity contribution >= 4 is 29.2 Å². The van der Waals surface area contributed by atoms with Crippen LogP contribution < -0.4 is 0 Å². The van der Waals surface area contributed by atoms with E-state index in [1.165, 1.54) is 6.07 Å². The highest BCUT2D eigenvalue weighted by atomic mass is 35.5. The van der Waals surface area contributed by atoms with Gasteiger partial charge in [0, 0.05) is 5.02 Å². The Hall–Kier alpha value is -0.730. The zero-order valence-electron chi connectivity index (χ0n) is 10.4. The van der Waals surface area contributed by atoms with Gasteiger partial charge in [0.05, 0.1) is 17.2 Å². The van der Waals surface area contributed by atoms with Crippen LogP contribution in [0.15, 0.2) is 12.1 Å². The average Bonchev–Trinajstić information content (AvgIpc) is 2.19. The molecule has 0 saturated carbocycles. The summed E-state index contributed by atoms with van der Waals surface area (Å²) in [7, 11) is 0. The highest BCUT2D eigenvalue weighted by Gasteiger charge is 2.23. The lowest BCUT2D eigenvalue weighted by atomic mass is 9.86. The Morgan fingerprint density at radius 1 is 1.29 bits per heavy atom. The van der Waals surface area contributed by atoms with E-state index in [1.807, 2.05) is 20.8 Å². The SMILES string of the molecule is CCOC(=O)c1cc(Cl)cc(C(C)(C)C)c1Cl. The summed E-state index contributed by atoms with van der Waals surface area (Å²) in [6.07, 6.45) is 0. The zero-order chi connectivity index (χ0) is 13.2. The molecule has 0 unspecified atom stereocenters. The van der Waals surface area contributed by atoms with E-state index in [4.69, 9.17) is 27.9 Å². The van der Waals surface area contributed by atoms with Gasteiger partial charge in [-0.2, -0.15) is 0 Å². The van der Waals surface area contributed by atoms with Gasteiger partial charge >= 0.3 is 5.97 Å². The Balaban J connectivity index is 3.34. The fourth-order valence-electron chi connectivity index (χ4n) is 1.49. The van der Waals surface area contributed by atoms with Crippen LogP contribution in [0.4, 0.5) is 0 Å². The third-order valence-electron chi connectivity index (χ3n) is 2.34. The van der Waals surface area contributed by atoms with Gasteiger partial charge < -0.3 is 4.74 Å². The summed E-state index contributed by atoms with van der Waals surface area (Å²) in [6.45, 7) is 8.10. The van der Waals surface area contributed by atoms with Crippen molar-refractivity contribution in [2.75, 3.05) is 6.61 Å². The molecule has 0 fully saturated rings. The Kier molecular flexibility index (Phi) is 4.45. The number of rotatable bonds is 2. The lowest BCUT2D eigenvalue weighted by molar-refractivity contribution is 0.0526. The molecule has 0 aliphatic carbocycles. The molecule has 2 nitrogen and oxygen atoms in total. The van der Waals surface area contributed by atoms with Crippen LogP contribution in [0.2, 0.25) is 10.0 Å². The molecule has 1 aromatic carbocycles. The smallest absolute Gasteiger partial charge is 0.339 e. The Labute approximate surface area is 112 Å². The van der Waals surface area contributed by atoms with Gasteiger partial charge in [-0.1, -0.05) is 44.0 Å². The number of benzene rings is 1. The van der Waals surface area contributed by atoms with E-state index in [0.29, 0.717) is 22.2 Å². The molecule has 0 radical (unpaired) electrons. The standard InChI is InChI=1S/C13H16Cl2O2/c1-5-17-12(16)9-6-8(14)7-10(11(9)15)13(2,3)4/h6-7H,5H2,1-4H3.